The Morgan fingerprint density at radius 3 is 2.74 bits per heavy atom. The van der Waals surface area contributed by atoms with E-state index in [0.29, 0.717) is 11.3 Å². The van der Waals surface area contributed by atoms with E-state index < -0.39 is 0 Å². The lowest BCUT2D eigenvalue weighted by Crippen LogP contribution is -2.36. The van der Waals surface area contributed by atoms with Gasteiger partial charge in [-0.1, -0.05) is 12.1 Å². The highest BCUT2D eigenvalue weighted by molar-refractivity contribution is 5.93. The Morgan fingerprint density at radius 1 is 1.17 bits per heavy atom. The van der Waals surface area contributed by atoms with Crippen molar-refractivity contribution in [2.45, 2.75) is 19.3 Å². The van der Waals surface area contributed by atoms with Gasteiger partial charge < -0.3 is 10.2 Å². The molecule has 0 spiro atoms. The molecule has 0 bridgehead atoms. The number of nitrogens with zero attached hydrogens (tertiary/aromatic N) is 3. The van der Waals surface area contributed by atoms with Crippen molar-refractivity contribution >= 4 is 17.3 Å². The quantitative estimate of drug-likeness (QED) is 0.944. The number of amides is 1. The van der Waals surface area contributed by atoms with Gasteiger partial charge in [0.2, 0.25) is 0 Å². The van der Waals surface area contributed by atoms with Gasteiger partial charge in [-0.05, 0) is 43.5 Å². The lowest BCUT2D eigenvalue weighted by atomic mass is 10.1. The highest BCUT2D eigenvalue weighted by Gasteiger charge is 2.19. The fraction of sp³-hybridized carbons (Fsp3) is 0.278. The minimum Gasteiger partial charge on any atom is -0.354 e. The lowest BCUT2D eigenvalue weighted by Gasteiger charge is -2.26. The van der Waals surface area contributed by atoms with E-state index >= 15 is 0 Å². The summed E-state index contributed by atoms with van der Waals surface area (Å²) >= 11 is 0. The van der Waals surface area contributed by atoms with E-state index in [9.17, 15) is 4.79 Å². The molecule has 1 saturated heterocycles. The number of nitrogens with one attached hydrogen (secondary N) is 1. The van der Waals surface area contributed by atoms with Crippen LogP contribution in [-0.2, 0) is 0 Å². The average Bonchev–Trinajstić information content (AvgIpc) is 2.62. The number of aromatic nitrogens is 1. The standard InChI is InChI=1S/C18H18N4O/c19-13-14-6-2-3-7-16(14)21-15-8-9-20-17(12-15)18(23)22-10-4-1-5-11-22/h2-3,6-9,12H,1,4-5,10-11H2,(H,20,21). The second-order valence-electron chi connectivity index (χ2n) is 5.57. The zero-order valence-electron chi connectivity index (χ0n) is 12.8. The second-order valence-corrected chi connectivity index (χ2v) is 5.57. The molecule has 0 atom stereocenters. The summed E-state index contributed by atoms with van der Waals surface area (Å²) in [5.74, 6) is -0.0260. The fourth-order valence-electron chi connectivity index (χ4n) is 2.73. The van der Waals surface area contributed by atoms with Crippen molar-refractivity contribution < 1.29 is 4.79 Å². The first kappa shape index (κ1) is 15.0. The first-order valence-electron chi connectivity index (χ1n) is 7.79. The molecule has 0 aliphatic carbocycles. The molecule has 1 N–H and O–H groups in total. The topological polar surface area (TPSA) is 69.0 Å². The molecule has 1 fully saturated rings. The number of hydrogen-bond donors (Lipinski definition) is 1. The van der Waals surface area contributed by atoms with Crippen molar-refractivity contribution in [3.05, 3.63) is 53.9 Å². The van der Waals surface area contributed by atoms with E-state index in [0.717, 1.165) is 37.3 Å². The van der Waals surface area contributed by atoms with Crippen LogP contribution in [0.15, 0.2) is 42.6 Å². The summed E-state index contributed by atoms with van der Waals surface area (Å²) in [7, 11) is 0. The number of hydrogen-bond acceptors (Lipinski definition) is 4. The molecule has 1 aromatic carbocycles. The molecule has 23 heavy (non-hydrogen) atoms. The molecule has 2 heterocycles. The minimum atomic E-state index is -0.0260. The third-order valence-electron chi connectivity index (χ3n) is 3.95. The molecule has 0 radical (unpaired) electrons. The summed E-state index contributed by atoms with van der Waals surface area (Å²) in [6, 6.07) is 13.0. The number of carbonyl (C=O) groups is 1. The highest BCUT2D eigenvalue weighted by atomic mass is 16.2. The third-order valence-corrected chi connectivity index (χ3v) is 3.95. The molecular weight excluding hydrogens is 288 g/mol. The van der Waals surface area contributed by atoms with Crippen LogP contribution in [0, 0.1) is 11.3 Å². The first-order chi connectivity index (χ1) is 11.3. The van der Waals surface area contributed by atoms with E-state index in [1.165, 1.54) is 6.42 Å². The summed E-state index contributed by atoms with van der Waals surface area (Å²) < 4.78 is 0. The summed E-state index contributed by atoms with van der Waals surface area (Å²) in [4.78, 5) is 18.6. The maximum Gasteiger partial charge on any atom is 0.272 e. The van der Waals surface area contributed by atoms with Gasteiger partial charge in [-0.15, -0.1) is 0 Å². The largest absolute Gasteiger partial charge is 0.354 e. The number of para-hydroxylation sites is 1. The van der Waals surface area contributed by atoms with Crippen LogP contribution in [0.2, 0.25) is 0 Å². The third kappa shape index (κ3) is 3.49. The van der Waals surface area contributed by atoms with Crippen LogP contribution in [0.3, 0.4) is 0 Å². The maximum atomic E-state index is 12.5. The Labute approximate surface area is 135 Å². The fourth-order valence-corrected chi connectivity index (χ4v) is 2.73. The van der Waals surface area contributed by atoms with Crippen molar-refractivity contribution in [2.24, 2.45) is 0 Å². The molecule has 1 aliphatic heterocycles. The molecule has 1 aromatic heterocycles. The van der Waals surface area contributed by atoms with E-state index in [1.807, 2.05) is 23.1 Å². The van der Waals surface area contributed by atoms with Crippen LogP contribution in [0.1, 0.15) is 35.3 Å². The van der Waals surface area contributed by atoms with Crippen LogP contribution in [0.4, 0.5) is 11.4 Å². The van der Waals surface area contributed by atoms with Crippen molar-refractivity contribution in [2.75, 3.05) is 18.4 Å². The van der Waals surface area contributed by atoms with Crippen LogP contribution < -0.4 is 5.32 Å². The monoisotopic (exact) mass is 306 g/mol. The normalized spacial score (nSPS) is 14.1. The van der Waals surface area contributed by atoms with Gasteiger partial charge in [-0.25, -0.2) is 0 Å². The van der Waals surface area contributed by atoms with E-state index in [-0.39, 0.29) is 5.91 Å². The number of piperidine rings is 1. The van der Waals surface area contributed by atoms with Gasteiger partial charge in [-0.2, -0.15) is 5.26 Å². The highest BCUT2D eigenvalue weighted by Crippen LogP contribution is 2.21. The van der Waals surface area contributed by atoms with Crippen LogP contribution in [0.5, 0.6) is 0 Å². The van der Waals surface area contributed by atoms with Crippen LogP contribution in [0.25, 0.3) is 0 Å². The molecule has 116 valence electrons. The molecule has 3 rings (SSSR count). The molecule has 1 aliphatic rings. The zero-order valence-corrected chi connectivity index (χ0v) is 12.8. The van der Waals surface area contributed by atoms with Crippen LogP contribution in [-0.4, -0.2) is 28.9 Å². The van der Waals surface area contributed by atoms with Crippen molar-refractivity contribution in [3.8, 4) is 6.07 Å². The van der Waals surface area contributed by atoms with Crippen molar-refractivity contribution in [3.63, 3.8) is 0 Å². The van der Waals surface area contributed by atoms with Crippen molar-refractivity contribution in [1.82, 2.24) is 9.88 Å². The SMILES string of the molecule is N#Cc1ccccc1Nc1ccnc(C(=O)N2CCCCC2)c1. The van der Waals surface area contributed by atoms with E-state index in [1.54, 1.807) is 24.4 Å². The maximum absolute atomic E-state index is 12.5. The molecule has 2 aromatic rings. The van der Waals surface area contributed by atoms with Gasteiger partial charge in [-0.3, -0.25) is 9.78 Å². The minimum absolute atomic E-state index is 0.0260. The number of carbonyl (C=O) groups excluding carboxylic acids is 1. The summed E-state index contributed by atoms with van der Waals surface area (Å²) in [6.07, 6.45) is 4.91. The van der Waals surface area contributed by atoms with Crippen LogP contribution >= 0.6 is 0 Å². The Bertz CT molecular complexity index is 745. The van der Waals surface area contributed by atoms with E-state index in [4.69, 9.17) is 5.26 Å². The van der Waals surface area contributed by atoms with Gasteiger partial charge in [0.25, 0.3) is 5.91 Å². The van der Waals surface area contributed by atoms with Gasteiger partial charge in [0.1, 0.15) is 11.8 Å². The molecule has 5 heteroatoms. The smallest absolute Gasteiger partial charge is 0.272 e. The molecule has 5 nitrogen and oxygen atoms in total. The molecule has 0 saturated carbocycles. The number of benzene rings is 1. The summed E-state index contributed by atoms with van der Waals surface area (Å²) in [5, 5.41) is 12.3. The predicted molar refractivity (Wildman–Crippen MR) is 88.4 cm³/mol. The Kier molecular flexibility index (Phi) is 4.53. The second kappa shape index (κ2) is 6.93. The Balaban J connectivity index is 1.80. The lowest BCUT2D eigenvalue weighted by molar-refractivity contribution is 0.0718. The van der Waals surface area contributed by atoms with E-state index in [2.05, 4.69) is 16.4 Å². The number of pyridine rings is 1. The molecule has 1 amide bonds. The summed E-state index contributed by atoms with van der Waals surface area (Å²) in [6.45, 7) is 1.60. The number of likely N-dealkylation sites (tertiary alicyclic amines) is 1. The van der Waals surface area contributed by atoms with Crippen molar-refractivity contribution in [1.29, 1.82) is 5.26 Å². The van der Waals surface area contributed by atoms with Gasteiger partial charge in [0.15, 0.2) is 0 Å². The van der Waals surface area contributed by atoms with Gasteiger partial charge in [0.05, 0.1) is 11.3 Å². The number of anilines is 2. The average molecular weight is 306 g/mol. The van der Waals surface area contributed by atoms with Gasteiger partial charge >= 0.3 is 0 Å². The predicted octanol–water partition coefficient (Wildman–Crippen LogP) is 3.32. The van der Waals surface area contributed by atoms with Gasteiger partial charge in [0, 0.05) is 25.0 Å². The Morgan fingerprint density at radius 2 is 1.96 bits per heavy atom. The molecular formula is C18H18N4O. The number of rotatable bonds is 3. The Hall–Kier alpha value is -2.87. The zero-order chi connectivity index (χ0) is 16.1. The molecule has 0 unspecified atom stereocenters. The summed E-state index contributed by atoms with van der Waals surface area (Å²) in [5.41, 5.74) is 2.47. The first-order valence-corrected chi connectivity index (χ1v) is 7.79. The number of nitriles is 1.